The SMILES string of the molecule is C=CS(=O)(=O)NC(N)=O. The van der Waals surface area contributed by atoms with E-state index in [2.05, 4.69) is 12.3 Å². The molecule has 0 atom stereocenters. The molecule has 0 aromatic carbocycles. The van der Waals surface area contributed by atoms with E-state index in [1.807, 2.05) is 0 Å². The van der Waals surface area contributed by atoms with Crippen molar-refractivity contribution in [1.82, 2.24) is 4.72 Å². The molecule has 3 N–H and O–H groups in total. The lowest BCUT2D eigenvalue weighted by atomic mass is 11.2. The number of rotatable bonds is 2. The zero-order chi connectivity index (χ0) is 7.49. The van der Waals surface area contributed by atoms with Crippen LogP contribution in [0, 0.1) is 0 Å². The van der Waals surface area contributed by atoms with E-state index in [4.69, 9.17) is 0 Å². The van der Waals surface area contributed by atoms with Crippen LogP contribution in [-0.2, 0) is 10.0 Å². The third-order valence-corrected chi connectivity index (χ3v) is 1.39. The number of sulfonamides is 1. The fraction of sp³-hybridized carbons (Fsp3) is 0. The van der Waals surface area contributed by atoms with Crippen LogP contribution >= 0.6 is 0 Å². The molecular formula is C3H6N2O3S. The van der Waals surface area contributed by atoms with Gasteiger partial charge in [0.1, 0.15) is 0 Å². The lowest BCUT2D eigenvalue weighted by molar-refractivity contribution is 0.253. The van der Waals surface area contributed by atoms with Crippen LogP contribution in [-0.4, -0.2) is 14.4 Å². The lowest BCUT2D eigenvalue weighted by Gasteiger charge is -1.94. The van der Waals surface area contributed by atoms with Crippen LogP contribution in [0.25, 0.3) is 0 Å². The van der Waals surface area contributed by atoms with E-state index >= 15 is 0 Å². The van der Waals surface area contributed by atoms with Gasteiger partial charge in [-0.25, -0.2) is 17.9 Å². The molecule has 5 nitrogen and oxygen atoms in total. The van der Waals surface area contributed by atoms with Gasteiger partial charge in [-0.1, -0.05) is 6.58 Å². The summed E-state index contributed by atoms with van der Waals surface area (Å²) in [4.78, 5) is 9.86. The minimum absolute atomic E-state index is 0.595. The normalized spacial score (nSPS) is 10.2. The molecule has 0 heterocycles. The molecule has 0 aromatic rings. The van der Waals surface area contributed by atoms with Gasteiger partial charge in [-0.15, -0.1) is 0 Å². The Balaban J connectivity index is 4.23. The number of carbonyl (C=O) groups is 1. The molecule has 0 aromatic heterocycles. The summed E-state index contributed by atoms with van der Waals surface area (Å²) in [6.07, 6.45) is 0. The number of urea groups is 1. The Labute approximate surface area is 52.6 Å². The van der Waals surface area contributed by atoms with Gasteiger partial charge in [0, 0.05) is 5.41 Å². The predicted molar refractivity (Wildman–Crippen MR) is 31.8 cm³/mol. The quantitative estimate of drug-likeness (QED) is 0.536. The summed E-state index contributed by atoms with van der Waals surface area (Å²) in [6.45, 7) is 2.93. The van der Waals surface area contributed by atoms with E-state index in [9.17, 15) is 13.2 Å². The van der Waals surface area contributed by atoms with Crippen LogP contribution in [0.3, 0.4) is 0 Å². The van der Waals surface area contributed by atoms with Gasteiger partial charge in [0.2, 0.25) is 0 Å². The Morgan fingerprint density at radius 3 is 2.22 bits per heavy atom. The number of amides is 2. The van der Waals surface area contributed by atoms with Crippen molar-refractivity contribution in [2.24, 2.45) is 5.73 Å². The highest BCUT2D eigenvalue weighted by Crippen LogP contribution is 1.79. The Bertz CT molecular complexity index is 217. The van der Waals surface area contributed by atoms with Crippen molar-refractivity contribution in [1.29, 1.82) is 0 Å². The fourth-order valence-corrected chi connectivity index (χ4v) is 0.546. The third kappa shape index (κ3) is 3.53. The highest BCUT2D eigenvalue weighted by atomic mass is 32.2. The van der Waals surface area contributed by atoms with Crippen molar-refractivity contribution in [3.8, 4) is 0 Å². The minimum atomic E-state index is -3.68. The van der Waals surface area contributed by atoms with Crippen molar-refractivity contribution < 1.29 is 13.2 Å². The van der Waals surface area contributed by atoms with Crippen molar-refractivity contribution in [3.05, 3.63) is 12.0 Å². The average molecular weight is 150 g/mol. The molecule has 0 aliphatic heterocycles. The molecule has 0 rings (SSSR count). The van der Waals surface area contributed by atoms with E-state index in [1.165, 1.54) is 4.72 Å². The molecule has 0 fully saturated rings. The summed E-state index contributed by atoms with van der Waals surface area (Å²) >= 11 is 0. The van der Waals surface area contributed by atoms with Gasteiger partial charge in [-0.3, -0.25) is 0 Å². The van der Waals surface area contributed by atoms with Crippen LogP contribution < -0.4 is 10.5 Å². The van der Waals surface area contributed by atoms with Crippen LogP contribution in [0.1, 0.15) is 0 Å². The molecule has 0 unspecified atom stereocenters. The molecule has 0 bridgehead atoms. The maximum Gasteiger partial charge on any atom is 0.326 e. The zero-order valence-corrected chi connectivity index (χ0v) is 5.31. The van der Waals surface area contributed by atoms with Gasteiger partial charge >= 0.3 is 6.03 Å². The highest BCUT2D eigenvalue weighted by molar-refractivity contribution is 7.92. The van der Waals surface area contributed by atoms with E-state index in [0.29, 0.717) is 5.41 Å². The maximum absolute atomic E-state index is 10.3. The first-order valence-corrected chi connectivity index (χ1v) is 3.47. The van der Waals surface area contributed by atoms with E-state index in [-0.39, 0.29) is 0 Å². The van der Waals surface area contributed by atoms with Gasteiger partial charge in [0.05, 0.1) is 0 Å². The molecular weight excluding hydrogens is 144 g/mol. The number of nitrogens with one attached hydrogen (secondary N) is 1. The minimum Gasteiger partial charge on any atom is -0.351 e. The molecule has 0 spiro atoms. The molecule has 6 heteroatoms. The Morgan fingerprint density at radius 2 is 2.11 bits per heavy atom. The predicted octanol–water partition coefficient (Wildman–Crippen LogP) is -0.872. The van der Waals surface area contributed by atoms with Gasteiger partial charge < -0.3 is 5.73 Å². The van der Waals surface area contributed by atoms with Crippen LogP contribution in [0.2, 0.25) is 0 Å². The molecule has 52 valence electrons. The first-order valence-electron chi connectivity index (χ1n) is 1.92. The van der Waals surface area contributed by atoms with Gasteiger partial charge in [0.25, 0.3) is 10.0 Å². The molecule has 0 saturated heterocycles. The van der Waals surface area contributed by atoms with Gasteiger partial charge in [-0.05, 0) is 0 Å². The first kappa shape index (κ1) is 7.96. The second-order valence-electron chi connectivity index (χ2n) is 1.18. The topological polar surface area (TPSA) is 89.3 Å². The average Bonchev–Trinajstić information content (AvgIpc) is 1.63. The van der Waals surface area contributed by atoms with E-state index < -0.39 is 16.1 Å². The zero-order valence-electron chi connectivity index (χ0n) is 4.49. The smallest absolute Gasteiger partial charge is 0.326 e. The largest absolute Gasteiger partial charge is 0.351 e. The number of nitrogens with two attached hydrogens (primary N) is 1. The van der Waals surface area contributed by atoms with Crippen LogP contribution in [0.4, 0.5) is 4.79 Å². The Morgan fingerprint density at radius 1 is 1.67 bits per heavy atom. The maximum atomic E-state index is 10.3. The van der Waals surface area contributed by atoms with Crippen molar-refractivity contribution in [2.75, 3.05) is 0 Å². The molecule has 0 radical (unpaired) electrons. The summed E-state index contributed by atoms with van der Waals surface area (Å²) in [7, 11) is -3.68. The van der Waals surface area contributed by atoms with Crippen LogP contribution in [0.5, 0.6) is 0 Å². The number of hydrogen-bond acceptors (Lipinski definition) is 3. The lowest BCUT2D eigenvalue weighted by Crippen LogP contribution is -2.33. The summed E-state index contributed by atoms with van der Waals surface area (Å²) in [5.74, 6) is 0. The van der Waals surface area contributed by atoms with Crippen molar-refractivity contribution in [3.63, 3.8) is 0 Å². The molecule has 0 saturated carbocycles. The number of hydrogen-bond donors (Lipinski definition) is 2. The Kier molecular flexibility index (Phi) is 2.20. The second-order valence-corrected chi connectivity index (χ2v) is 2.81. The third-order valence-electron chi connectivity index (χ3n) is 0.462. The summed E-state index contributed by atoms with van der Waals surface area (Å²) < 4.78 is 22.0. The van der Waals surface area contributed by atoms with Crippen molar-refractivity contribution in [2.45, 2.75) is 0 Å². The standard InChI is InChI=1S/C3H6N2O3S/c1-2-9(7,8)5-3(4)6/h2H,1H2,(H3,4,5,6). The molecule has 0 aliphatic rings. The van der Waals surface area contributed by atoms with E-state index in [0.717, 1.165) is 0 Å². The molecule has 0 aliphatic carbocycles. The second kappa shape index (κ2) is 2.49. The van der Waals surface area contributed by atoms with Gasteiger partial charge in [-0.2, -0.15) is 0 Å². The van der Waals surface area contributed by atoms with Crippen LogP contribution in [0.15, 0.2) is 12.0 Å². The summed E-state index contributed by atoms with van der Waals surface area (Å²) in [5.41, 5.74) is 4.48. The number of primary amides is 1. The first-order chi connectivity index (χ1) is 3.98. The van der Waals surface area contributed by atoms with Crippen molar-refractivity contribution >= 4 is 16.1 Å². The summed E-state index contributed by atoms with van der Waals surface area (Å²) in [5, 5.41) is 0.595. The highest BCUT2D eigenvalue weighted by Gasteiger charge is 2.03. The fourth-order valence-electron chi connectivity index (χ4n) is 0.182. The number of carbonyl (C=O) groups excluding carboxylic acids is 1. The van der Waals surface area contributed by atoms with Gasteiger partial charge in [0.15, 0.2) is 0 Å². The molecule has 2 amide bonds. The summed E-state index contributed by atoms with van der Waals surface area (Å²) in [6, 6.07) is -1.12. The molecule has 9 heavy (non-hydrogen) atoms. The Hall–Kier alpha value is -1.04. The monoisotopic (exact) mass is 150 g/mol. The van der Waals surface area contributed by atoms with E-state index in [1.54, 1.807) is 0 Å².